The highest BCUT2D eigenvalue weighted by Gasteiger charge is 2.22. The minimum atomic E-state index is -0.325. The van der Waals surface area contributed by atoms with Crippen LogP contribution in [0.15, 0.2) is 71.9 Å². The maximum absolute atomic E-state index is 13.4. The zero-order valence-corrected chi connectivity index (χ0v) is 18.6. The van der Waals surface area contributed by atoms with Gasteiger partial charge in [-0.3, -0.25) is 0 Å². The Morgan fingerprint density at radius 3 is 2.61 bits per heavy atom. The van der Waals surface area contributed by atoms with Crippen molar-refractivity contribution in [1.82, 2.24) is 0 Å². The Morgan fingerprint density at radius 1 is 1.06 bits per heavy atom. The third kappa shape index (κ3) is 6.42. The van der Waals surface area contributed by atoms with Gasteiger partial charge < -0.3 is 9.57 Å². The van der Waals surface area contributed by atoms with E-state index in [2.05, 4.69) is 23.4 Å². The van der Waals surface area contributed by atoms with Gasteiger partial charge in [-0.25, -0.2) is 4.79 Å². The molecule has 0 fully saturated rings. The number of cyclic esters (lactones) is 1. The number of fused-ring (bicyclic) bond motifs is 1. The maximum atomic E-state index is 13.4. The molecule has 0 unspecified atom stereocenters. The van der Waals surface area contributed by atoms with Gasteiger partial charge in [0.1, 0.15) is 12.7 Å². The summed E-state index contributed by atoms with van der Waals surface area (Å²) in [5.74, 6) is -0.299. The predicted octanol–water partition coefficient (Wildman–Crippen LogP) is 6.43. The number of carbonyl (C=O) groups is 1. The molecular formula is C27H31NO3. The summed E-state index contributed by atoms with van der Waals surface area (Å²) in [5.41, 5.74) is 5.33. The van der Waals surface area contributed by atoms with Crippen LogP contribution in [0.1, 0.15) is 64.9 Å². The molecular weight excluding hydrogens is 386 g/mol. The molecule has 1 aliphatic rings. The number of rotatable bonds is 3. The van der Waals surface area contributed by atoms with Crippen molar-refractivity contribution in [2.45, 2.75) is 52.6 Å². The Bertz CT molecular complexity index is 973. The fraction of sp³-hybridized carbons (Fsp3) is 0.333. The fourth-order valence-corrected chi connectivity index (χ4v) is 3.81. The lowest BCUT2D eigenvalue weighted by Gasteiger charge is -2.20. The van der Waals surface area contributed by atoms with Gasteiger partial charge in [-0.05, 0) is 56.4 Å². The summed E-state index contributed by atoms with van der Waals surface area (Å²) in [6, 6.07) is 14.0. The molecule has 0 spiro atoms. The predicted molar refractivity (Wildman–Crippen MR) is 125 cm³/mol. The van der Waals surface area contributed by atoms with E-state index >= 15 is 0 Å². The van der Waals surface area contributed by atoms with Crippen LogP contribution in [0.2, 0.25) is 0 Å². The van der Waals surface area contributed by atoms with Gasteiger partial charge in [0, 0.05) is 12.8 Å². The number of carbonyl (C=O) groups excluding carboxylic acids is 1. The first-order chi connectivity index (χ1) is 15.1. The summed E-state index contributed by atoms with van der Waals surface area (Å²) in [5, 5.41) is 4.28. The van der Waals surface area contributed by atoms with Gasteiger partial charge >= 0.3 is 5.97 Å². The van der Waals surface area contributed by atoms with E-state index in [-0.39, 0.29) is 12.1 Å². The van der Waals surface area contributed by atoms with Crippen molar-refractivity contribution in [2.24, 2.45) is 5.16 Å². The number of benzene rings is 2. The Kier molecular flexibility index (Phi) is 8.22. The molecule has 0 saturated carbocycles. The molecule has 31 heavy (non-hydrogen) atoms. The van der Waals surface area contributed by atoms with Gasteiger partial charge in [-0.2, -0.15) is 0 Å². The van der Waals surface area contributed by atoms with Crippen molar-refractivity contribution in [3.05, 3.63) is 94.6 Å². The van der Waals surface area contributed by atoms with Crippen molar-refractivity contribution in [3.8, 4) is 0 Å². The number of hydrogen-bond acceptors (Lipinski definition) is 4. The second-order valence-corrected chi connectivity index (χ2v) is 7.78. The first kappa shape index (κ1) is 22.5. The monoisotopic (exact) mass is 417 g/mol. The van der Waals surface area contributed by atoms with E-state index in [1.54, 1.807) is 0 Å². The molecule has 0 N–H and O–H groups in total. The first-order valence-electron chi connectivity index (χ1n) is 10.9. The molecule has 1 atom stereocenters. The lowest BCUT2D eigenvalue weighted by Crippen LogP contribution is -2.16. The molecule has 0 saturated heterocycles. The van der Waals surface area contributed by atoms with E-state index in [1.807, 2.05) is 69.3 Å². The second-order valence-electron chi connectivity index (χ2n) is 7.78. The molecule has 0 aliphatic carbocycles. The summed E-state index contributed by atoms with van der Waals surface area (Å²) in [4.78, 5) is 18.7. The highest BCUT2D eigenvalue weighted by molar-refractivity contribution is 6.00. The van der Waals surface area contributed by atoms with Crippen LogP contribution in [0.25, 0.3) is 0 Å². The van der Waals surface area contributed by atoms with Crippen LogP contribution < -0.4 is 0 Å². The van der Waals surface area contributed by atoms with E-state index < -0.39 is 0 Å². The molecule has 0 bridgehead atoms. The molecule has 4 nitrogen and oxygen atoms in total. The lowest BCUT2D eigenvalue weighted by atomic mass is 9.94. The minimum absolute atomic E-state index is 0.299. The van der Waals surface area contributed by atoms with E-state index in [1.165, 1.54) is 0 Å². The molecule has 1 heterocycles. The smallest absolute Gasteiger partial charge is 0.339 e. The van der Waals surface area contributed by atoms with Crippen LogP contribution in [0.3, 0.4) is 0 Å². The van der Waals surface area contributed by atoms with Crippen LogP contribution >= 0.6 is 0 Å². The van der Waals surface area contributed by atoms with Crippen LogP contribution in [-0.4, -0.2) is 18.3 Å². The number of nitrogens with zero attached hydrogens (tertiary/aromatic N) is 1. The van der Waals surface area contributed by atoms with E-state index in [4.69, 9.17) is 9.57 Å². The van der Waals surface area contributed by atoms with Gasteiger partial charge in [-0.15, -0.1) is 0 Å². The summed E-state index contributed by atoms with van der Waals surface area (Å²) in [7, 11) is 0. The van der Waals surface area contributed by atoms with Gasteiger partial charge in [0.25, 0.3) is 0 Å². The van der Waals surface area contributed by atoms with Gasteiger partial charge in [0.15, 0.2) is 0 Å². The second kappa shape index (κ2) is 11.3. The Morgan fingerprint density at radius 2 is 1.84 bits per heavy atom. The quantitative estimate of drug-likeness (QED) is 0.328. The summed E-state index contributed by atoms with van der Waals surface area (Å²) < 4.78 is 6.07. The average Bonchev–Trinajstić information content (AvgIpc) is 2.75. The Hall–Kier alpha value is -3.14. The van der Waals surface area contributed by atoms with Crippen LogP contribution in [-0.2, 0) is 16.0 Å². The molecule has 2 aromatic rings. The van der Waals surface area contributed by atoms with Crippen molar-refractivity contribution >= 4 is 11.7 Å². The number of ether oxygens (including phenoxy) is 1. The molecule has 0 radical (unpaired) electrons. The van der Waals surface area contributed by atoms with Crippen molar-refractivity contribution in [3.63, 3.8) is 0 Å². The van der Waals surface area contributed by atoms with Crippen LogP contribution in [0.5, 0.6) is 0 Å². The molecule has 0 amide bonds. The van der Waals surface area contributed by atoms with E-state index in [0.29, 0.717) is 25.0 Å². The molecule has 2 aromatic carbocycles. The maximum Gasteiger partial charge on any atom is 0.339 e. The summed E-state index contributed by atoms with van der Waals surface area (Å²) in [6.45, 7) is 6.41. The standard InChI is InChI=1S/C27H31NO3/c1-4-30-28-24-15-11-6-5-7-12-16-25(22-13-9-8-10-14-22)31-27(29)26-21(3)17-20(2)18-23(26)19-24/h7-15,17-18,25H,4-6,16,19H2,1-3H3/b12-7+,15-11+,28-24+/t25-/m0/s1. The SMILES string of the molecule is CCO/N=C1\C=C\CC/C=C/C[C@@H](c2ccccc2)OC(=O)c2c(C)cc(C)cc2C1. The molecule has 0 aromatic heterocycles. The zero-order valence-electron chi connectivity index (χ0n) is 18.6. The van der Waals surface area contributed by atoms with Crippen molar-refractivity contribution in [2.75, 3.05) is 6.61 Å². The molecule has 4 heteroatoms. The summed E-state index contributed by atoms with van der Waals surface area (Å²) in [6.07, 6.45) is 11.0. The Labute approximate surface area is 185 Å². The van der Waals surface area contributed by atoms with Crippen molar-refractivity contribution < 1.29 is 14.4 Å². The normalized spacial score (nSPS) is 20.9. The van der Waals surface area contributed by atoms with E-state index in [0.717, 1.165) is 40.8 Å². The first-order valence-corrected chi connectivity index (χ1v) is 10.9. The van der Waals surface area contributed by atoms with Crippen molar-refractivity contribution in [1.29, 1.82) is 0 Å². The number of aryl methyl sites for hydroxylation is 2. The lowest BCUT2D eigenvalue weighted by molar-refractivity contribution is 0.0301. The average molecular weight is 418 g/mol. The third-order valence-electron chi connectivity index (χ3n) is 5.20. The third-order valence-corrected chi connectivity index (χ3v) is 5.20. The van der Waals surface area contributed by atoms with Gasteiger partial charge in [-0.1, -0.05) is 71.4 Å². The largest absolute Gasteiger partial charge is 0.454 e. The number of oxime groups is 1. The molecule has 162 valence electrons. The van der Waals surface area contributed by atoms with Crippen LogP contribution in [0.4, 0.5) is 0 Å². The van der Waals surface area contributed by atoms with Crippen LogP contribution in [0, 0.1) is 13.8 Å². The number of esters is 1. The number of allylic oxidation sites excluding steroid dienone is 3. The molecule has 1 aliphatic heterocycles. The zero-order chi connectivity index (χ0) is 22.1. The topological polar surface area (TPSA) is 47.9 Å². The molecule has 3 rings (SSSR count). The highest BCUT2D eigenvalue weighted by atomic mass is 16.6. The summed E-state index contributed by atoms with van der Waals surface area (Å²) >= 11 is 0. The van der Waals surface area contributed by atoms with Gasteiger partial charge in [0.05, 0.1) is 11.3 Å². The highest BCUT2D eigenvalue weighted by Crippen LogP contribution is 2.27. The fourth-order valence-electron chi connectivity index (χ4n) is 3.81. The number of hydrogen-bond donors (Lipinski definition) is 0. The van der Waals surface area contributed by atoms with Gasteiger partial charge in [0.2, 0.25) is 0 Å². The minimum Gasteiger partial charge on any atom is -0.454 e. The Balaban J connectivity index is 2.03. The van der Waals surface area contributed by atoms with E-state index in [9.17, 15) is 4.79 Å².